The molecule has 1 aliphatic carbocycles. The molecule has 2 amide bonds. The second-order valence-corrected chi connectivity index (χ2v) is 7.12. The molecule has 0 spiro atoms. The largest absolute Gasteiger partial charge is 0.354 e. The fraction of sp³-hybridized carbons (Fsp3) is 0.579. The van der Waals surface area contributed by atoms with Crippen molar-refractivity contribution in [1.82, 2.24) is 10.6 Å². The van der Waals surface area contributed by atoms with Crippen LogP contribution in [0.1, 0.15) is 45.1 Å². The third-order valence-electron chi connectivity index (χ3n) is 5.01. The minimum absolute atomic E-state index is 0.0231. The molecule has 0 heterocycles. The maximum Gasteiger partial charge on any atom is 0.239 e. The summed E-state index contributed by atoms with van der Waals surface area (Å²) in [7, 11) is 0. The minimum Gasteiger partial charge on any atom is -0.354 e. The van der Waals surface area contributed by atoms with Crippen LogP contribution in [0, 0.1) is 5.92 Å². The molecule has 5 nitrogen and oxygen atoms in total. The van der Waals surface area contributed by atoms with Gasteiger partial charge in [-0.15, -0.1) is 0 Å². The Hall–Kier alpha value is -1.88. The molecule has 1 aromatic carbocycles. The lowest BCUT2D eigenvalue weighted by molar-refractivity contribution is -0.127. The number of rotatable bonds is 7. The smallest absolute Gasteiger partial charge is 0.239 e. The van der Waals surface area contributed by atoms with Crippen LogP contribution in [0.25, 0.3) is 0 Å². The first kappa shape index (κ1) is 18.5. The number of nitrogens with one attached hydrogen (secondary N) is 2. The Labute approximate surface area is 144 Å². The first-order valence-electron chi connectivity index (χ1n) is 8.80. The van der Waals surface area contributed by atoms with E-state index in [1.54, 1.807) is 0 Å². The Balaban J connectivity index is 1.87. The Bertz CT molecular complexity index is 551. The molecule has 1 saturated carbocycles. The zero-order valence-electron chi connectivity index (χ0n) is 14.7. The van der Waals surface area contributed by atoms with Gasteiger partial charge in [0, 0.05) is 12.0 Å². The van der Waals surface area contributed by atoms with E-state index in [0.29, 0.717) is 6.54 Å². The summed E-state index contributed by atoms with van der Waals surface area (Å²) in [5.74, 6) is -0.395. The first-order chi connectivity index (χ1) is 11.4. The molecular formula is C19H29N3O2. The highest BCUT2D eigenvalue weighted by atomic mass is 16.2. The Morgan fingerprint density at radius 2 is 1.75 bits per heavy atom. The summed E-state index contributed by atoms with van der Waals surface area (Å²) >= 11 is 0. The van der Waals surface area contributed by atoms with E-state index in [1.807, 2.05) is 32.0 Å². The van der Waals surface area contributed by atoms with Crippen LogP contribution in [0.5, 0.6) is 0 Å². The van der Waals surface area contributed by atoms with Crippen LogP contribution in [0.15, 0.2) is 30.3 Å². The van der Waals surface area contributed by atoms with Crippen molar-refractivity contribution in [3.63, 3.8) is 0 Å². The molecule has 0 aromatic heterocycles. The lowest BCUT2D eigenvalue weighted by atomic mass is 9.79. The highest BCUT2D eigenvalue weighted by Crippen LogP contribution is 2.40. The van der Waals surface area contributed by atoms with Gasteiger partial charge < -0.3 is 16.4 Å². The van der Waals surface area contributed by atoms with E-state index >= 15 is 0 Å². The quantitative estimate of drug-likeness (QED) is 0.711. The van der Waals surface area contributed by atoms with Crippen molar-refractivity contribution >= 4 is 11.8 Å². The van der Waals surface area contributed by atoms with Crippen LogP contribution in [0.3, 0.4) is 0 Å². The SMILES string of the molecule is CC(C)[C@H](N)C(=O)NCC(=O)NCC1(c2ccccc2)CCCC1. The van der Waals surface area contributed by atoms with E-state index < -0.39 is 6.04 Å². The summed E-state index contributed by atoms with van der Waals surface area (Å²) in [4.78, 5) is 23.9. The van der Waals surface area contributed by atoms with Crippen molar-refractivity contribution < 1.29 is 9.59 Å². The van der Waals surface area contributed by atoms with Gasteiger partial charge in [0.15, 0.2) is 0 Å². The molecule has 24 heavy (non-hydrogen) atoms. The number of hydrogen-bond donors (Lipinski definition) is 3. The number of benzene rings is 1. The second-order valence-electron chi connectivity index (χ2n) is 7.12. The molecule has 0 saturated heterocycles. The van der Waals surface area contributed by atoms with Gasteiger partial charge in [0.2, 0.25) is 11.8 Å². The molecule has 0 bridgehead atoms. The first-order valence-corrected chi connectivity index (χ1v) is 8.80. The molecule has 1 aromatic rings. The van der Waals surface area contributed by atoms with Crippen LogP contribution < -0.4 is 16.4 Å². The second kappa shape index (κ2) is 8.29. The summed E-state index contributed by atoms with van der Waals surface area (Å²) in [5, 5.41) is 5.61. The van der Waals surface area contributed by atoms with E-state index in [1.165, 1.54) is 18.4 Å². The van der Waals surface area contributed by atoms with Gasteiger partial charge in [0.25, 0.3) is 0 Å². The highest BCUT2D eigenvalue weighted by Gasteiger charge is 2.35. The van der Waals surface area contributed by atoms with E-state index in [9.17, 15) is 9.59 Å². The highest BCUT2D eigenvalue weighted by molar-refractivity contribution is 5.87. The fourth-order valence-corrected chi connectivity index (χ4v) is 3.33. The van der Waals surface area contributed by atoms with Crippen molar-refractivity contribution in [3.05, 3.63) is 35.9 Å². The third-order valence-corrected chi connectivity index (χ3v) is 5.01. The lowest BCUT2D eigenvalue weighted by Gasteiger charge is -2.30. The minimum atomic E-state index is -0.580. The third kappa shape index (κ3) is 4.57. The topological polar surface area (TPSA) is 84.2 Å². The Morgan fingerprint density at radius 1 is 1.12 bits per heavy atom. The monoisotopic (exact) mass is 331 g/mol. The number of nitrogens with two attached hydrogens (primary N) is 1. The molecule has 1 aliphatic rings. The predicted molar refractivity (Wildman–Crippen MR) is 95.4 cm³/mol. The fourth-order valence-electron chi connectivity index (χ4n) is 3.33. The average molecular weight is 331 g/mol. The van der Waals surface area contributed by atoms with Crippen molar-refractivity contribution in [2.75, 3.05) is 13.1 Å². The van der Waals surface area contributed by atoms with Gasteiger partial charge in [-0.3, -0.25) is 9.59 Å². The van der Waals surface area contributed by atoms with E-state index in [-0.39, 0.29) is 29.7 Å². The zero-order chi connectivity index (χ0) is 17.6. The van der Waals surface area contributed by atoms with Gasteiger partial charge in [-0.05, 0) is 24.3 Å². The molecule has 4 N–H and O–H groups in total. The van der Waals surface area contributed by atoms with Crippen LogP contribution in [-0.2, 0) is 15.0 Å². The summed E-state index contributed by atoms with van der Waals surface area (Å²) in [6.07, 6.45) is 4.54. The van der Waals surface area contributed by atoms with Crippen molar-refractivity contribution in [2.45, 2.75) is 51.0 Å². The van der Waals surface area contributed by atoms with Crippen LogP contribution in [-0.4, -0.2) is 30.9 Å². The Morgan fingerprint density at radius 3 is 2.33 bits per heavy atom. The lowest BCUT2D eigenvalue weighted by Crippen LogP contribution is -2.48. The van der Waals surface area contributed by atoms with Gasteiger partial charge in [-0.25, -0.2) is 0 Å². The van der Waals surface area contributed by atoms with Gasteiger partial charge in [0.1, 0.15) is 0 Å². The average Bonchev–Trinajstić information content (AvgIpc) is 3.08. The molecule has 0 radical (unpaired) electrons. The molecule has 1 atom stereocenters. The number of carbonyl (C=O) groups is 2. The van der Waals surface area contributed by atoms with E-state index in [0.717, 1.165) is 12.8 Å². The molecule has 0 unspecified atom stereocenters. The summed E-state index contributed by atoms with van der Waals surface area (Å²) < 4.78 is 0. The molecule has 5 heteroatoms. The summed E-state index contributed by atoms with van der Waals surface area (Å²) in [6.45, 7) is 4.36. The summed E-state index contributed by atoms with van der Waals surface area (Å²) in [6, 6.07) is 9.80. The normalized spacial score (nSPS) is 17.5. The predicted octanol–water partition coefficient (Wildman–Crippen LogP) is 1.71. The number of hydrogen-bond acceptors (Lipinski definition) is 3. The van der Waals surface area contributed by atoms with Gasteiger partial charge in [0.05, 0.1) is 12.6 Å². The van der Waals surface area contributed by atoms with Crippen molar-refractivity contribution in [1.29, 1.82) is 0 Å². The Kier molecular flexibility index (Phi) is 6.37. The number of carbonyl (C=O) groups excluding carboxylic acids is 2. The van der Waals surface area contributed by atoms with Crippen LogP contribution in [0.4, 0.5) is 0 Å². The summed E-state index contributed by atoms with van der Waals surface area (Å²) in [5.41, 5.74) is 7.08. The van der Waals surface area contributed by atoms with Gasteiger partial charge in [-0.2, -0.15) is 0 Å². The molecule has 2 rings (SSSR count). The number of amides is 2. The van der Waals surface area contributed by atoms with Gasteiger partial charge in [-0.1, -0.05) is 57.0 Å². The zero-order valence-corrected chi connectivity index (χ0v) is 14.7. The van der Waals surface area contributed by atoms with Crippen LogP contribution in [0.2, 0.25) is 0 Å². The van der Waals surface area contributed by atoms with Crippen molar-refractivity contribution in [3.8, 4) is 0 Å². The molecule has 1 fully saturated rings. The van der Waals surface area contributed by atoms with E-state index in [2.05, 4.69) is 22.8 Å². The molecule has 0 aliphatic heterocycles. The van der Waals surface area contributed by atoms with Crippen LogP contribution >= 0.6 is 0 Å². The maximum absolute atomic E-state index is 12.1. The van der Waals surface area contributed by atoms with Gasteiger partial charge >= 0.3 is 0 Å². The standard InChI is InChI=1S/C19H29N3O2/c1-14(2)17(20)18(24)21-12-16(23)22-13-19(10-6-7-11-19)15-8-4-3-5-9-15/h3-5,8-9,14,17H,6-7,10-13,20H2,1-2H3,(H,21,24)(H,22,23)/t17-/m0/s1. The van der Waals surface area contributed by atoms with E-state index in [4.69, 9.17) is 5.73 Å². The van der Waals surface area contributed by atoms with Crippen molar-refractivity contribution in [2.24, 2.45) is 11.7 Å². The molecular weight excluding hydrogens is 302 g/mol. The molecule has 132 valence electrons. The maximum atomic E-state index is 12.1.